The van der Waals surface area contributed by atoms with Crippen molar-refractivity contribution in [1.82, 2.24) is 10.2 Å². The fraction of sp³-hybridized carbons (Fsp3) is 0.348. The van der Waals surface area contributed by atoms with E-state index in [4.69, 9.17) is 4.42 Å². The third-order valence-corrected chi connectivity index (χ3v) is 5.27. The number of hydrogen-bond donors (Lipinski definition) is 1. The number of amides is 1. The average molecular weight is 364 g/mol. The molecular weight excluding hydrogens is 336 g/mol. The van der Waals surface area contributed by atoms with Gasteiger partial charge in [0.15, 0.2) is 0 Å². The van der Waals surface area contributed by atoms with Crippen LogP contribution in [0.5, 0.6) is 0 Å². The molecule has 3 rings (SSSR count). The van der Waals surface area contributed by atoms with Gasteiger partial charge in [-0.1, -0.05) is 42.5 Å². The lowest BCUT2D eigenvalue weighted by Crippen LogP contribution is -2.42. The number of benzene rings is 2. The van der Waals surface area contributed by atoms with E-state index in [-0.39, 0.29) is 11.9 Å². The van der Waals surface area contributed by atoms with E-state index in [9.17, 15) is 4.79 Å². The molecule has 2 aromatic carbocycles. The number of aryl methyl sites for hydroxylation is 2. The Labute approximate surface area is 161 Å². The largest absolute Gasteiger partial charge is 0.464 e. The lowest BCUT2D eigenvalue weighted by molar-refractivity contribution is -0.120. The van der Waals surface area contributed by atoms with Gasteiger partial charge in [-0.05, 0) is 51.1 Å². The van der Waals surface area contributed by atoms with Crippen LogP contribution >= 0.6 is 0 Å². The van der Waals surface area contributed by atoms with Crippen LogP contribution in [0.15, 0.2) is 53.1 Å². The molecule has 0 fully saturated rings. The number of hydrogen-bond acceptors (Lipinski definition) is 3. The molecule has 142 valence electrons. The summed E-state index contributed by atoms with van der Waals surface area (Å²) in [5, 5.41) is 4.12. The number of furan rings is 1. The summed E-state index contributed by atoms with van der Waals surface area (Å²) in [6, 6.07) is 14.7. The molecule has 1 aromatic heterocycles. The Kier molecular flexibility index (Phi) is 5.97. The lowest BCUT2D eigenvalue weighted by atomic mass is 10.0. The Balaban J connectivity index is 1.62. The van der Waals surface area contributed by atoms with Crippen molar-refractivity contribution in [2.75, 3.05) is 20.6 Å². The Morgan fingerprint density at radius 2 is 1.85 bits per heavy atom. The summed E-state index contributed by atoms with van der Waals surface area (Å²) in [7, 11) is 4.10. The third-order valence-electron chi connectivity index (χ3n) is 5.27. The zero-order valence-electron chi connectivity index (χ0n) is 16.6. The minimum Gasteiger partial charge on any atom is -0.464 e. The van der Waals surface area contributed by atoms with E-state index in [2.05, 4.69) is 56.4 Å². The van der Waals surface area contributed by atoms with Crippen LogP contribution in [0, 0.1) is 13.8 Å². The first-order valence-corrected chi connectivity index (χ1v) is 9.39. The highest BCUT2D eigenvalue weighted by Crippen LogP contribution is 2.26. The number of rotatable bonds is 7. The molecule has 0 saturated carbocycles. The highest BCUT2D eigenvalue weighted by molar-refractivity contribution is 5.89. The van der Waals surface area contributed by atoms with Crippen LogP contribution in [0.4, 0.5) is 0 Å². The van der Waals surface area contributed by atoms with Crippen molar-refractivity contribution in [2.45, 2.75) is 32.7 Å². The number of likely N-dealkylation sites (N-methyl/N-ethyl adjacent to an activating group) is 1. The van der Waals surface area contributed by atoms with Crippen molar-refractivity contribution < 1.29 is 9.21 Å². The lowest BCUT2D eigenvalue weighted by Gasteiger charge is -2.24. The van der Waals surface area contributed by atoms with Gasteiger partial charge in [-0.2, -0.15) is 0 Å². The van der Waals surface area contributed by atoms with Gasteiger partial charge in [0.1, 0.15) is 5.58 Å². The van der Waals surface area contributed by atoms with E-state index < -0.39 is 0 Å². The van der Waals surface area contributed by atoms with E-state index in [1.807, 2.05) is 24.3 Å². The summed E-state index contributed by atoms with van der Waals surface area (Å²) in [5.41, 5.74) is 5.43. The molecule has 0 spiro atoms. The smallest absolute Gasteiger partial charge is 0.224 e. The number of carbonyl (C=O) groups excluding carboxylic acids is 1. The fourth-order valence-corrected chi connectivity index (χ4v) is 3.32. The van der Waals surface area contributed by atoms with Crippen LogP contribution in [0.25, 0.3) is 11.0 Å². The third kappa shape index (κ3) is 4.58. The quantitative estimate of drug-likeness (QED) is 0.692. The SMILES string of the molecule is Cc1ccc2c(CC(=O)NCC(Cc3ccccc3)N(C)C)coc2c1C. The van der Waals surface area contributed by atoms with Gasteiger partial charge in [0.2, 0.25) is 5.91 Å². The second-order valence-electron chi connectivity index (χ2n) is 7.43. The van der Waals surface area contributed by atoms with Gasteiger partial charge in [0.25, 0.3) is 0 Å². The molecule has 0 aliphatic heterocycles. The molecule has 1 amide bonds. The molecule has 1 unspecified atom stereocenters. The summed E-state index contributed by atoms with van der Waals surface area (Å²) in [6.07, 6.45) is 2.95. The first-order valence-electron chi connectivity index (χ1n) is 9.39. The van der Waals surface area contributed by atoms with Crippen LogP contribution in [-0.2, 0) is 17.6 Å². The van der Waals surface area contributed by atoms with Crippen LogP contribution < -0.4 is 5.32 Å². The standard InChI is InChI=1S/C23H28N2O2/c1-16-10-11-21-19(15-27-23(21)17(16)2)13-22(26)24-14-20(25(3)4)12-18-8-6-5-7-9-18/h5-11,15,20H,12-14H2,1-4H3,(H,24,26). The maximum absolute atomic E-state index is 12.5. The summed E-state index contributed by atoms with van der Waals surface area (Å²) in [5.74, 6) is 0.0239. The molecular formula is C23H28N2O2. The zero-order chi connectivity index (χ0) is 19.4. The van der Waals surface area contributed by atoms with Gasteiger partial charge in [0, 0.05) is 23.5 Å². The van der Waals surface area contributed by atoms with Crippen molar-refractivity contribution in [2.24, 2.45) is 0 Å². The predicted molar refractivity (Wildman–Crippen MR) is 110 cm³/mol. The minimum atomic E-state index is 0.0239. The van der Waals surface area contributed by atoms with E-state index in [0.717, 1.165) is 28.5 Å². The van der Waals surface area contributed by atoms with Gasteiger partial charge in [-0.3, -0.25) is 4.79 Å². The second kappa shape index (κ2) is 8.40. The normalized spacial score (nSPS) is 12.5. The van der Waals surface area contributed by atoms with E-state index in [1.54, 1.807) is 6.26 Å². The van der Waals surface area contributed by atoms with Gasteiger partial charge in [-0.25, -0.2) is 0 Å². The van der Waals surface area contributed by atoms with Crippen LogP contribution in [-0.4, -0.2) is 37.5 Å². The van der Waals surface area contributed by atoms with Gasteiger partial charge < -0.3 is 14.6 Å². The molecule has 4 heteroatoms. The monoisotopic (exact) mass is 364 g/mol. The average Bonchev–Trinajstić information content (AvgIpc) is 3.05. The Bertz CT molecular complexity index is 913. The molecule has 0 bridgehead atoms. The summed E-state index contributed by atoms with van der Waals surface area (Å²) >= 11 is 0. The van der Waals surface area contributed by atoms with Gasteiger partial charge >= 0.3 is 0 Å². The summed E-state index contributed by atoms with van der Waals surface area (Å²) in [4.78, 5) is 14.7. The van der Waals surface area contributed by atoms with Gasteiger partial charge in [0.05, 0.1) is 12.7 Å². The fourth-order valence-electron chi connectivity index (χ4n) is 3.32. The van der Waals surface area contributed by atoms with Crippen molar-refractivity contribution in [3.05, 3.63) is 71.0 Å². The molecule has 27 heavy (non-hydrogen) atoms. The van der Waals surface area contributed by atoms with Crippen molar-refractivity contribution >= 4 is 16.9 Å². The summed E-state index contributed by atoms with van der Waals surface area (Å²) < 4.78 is 5.72. The van der Waals surface area contributed by atoms with Crippen LogP contribution in [0.1, 0.15) is 22.3 Å². The zero-order valence-corrected chi connectivity index (χ0v) is 16.6. The molecule has 0 aliphatic rings. The topological polar surface area (TPSA) is 45.5 Å². The Hall–Kier alpha value is -2.59. The van der Waals surface area contributed by atoms with Crippen LogP contribution in [0.3, 0.4) is 0 Å². The maximum Gasteiger partial charge on any atom is 0.224 e. The molecule has 4 nitrogen and oxygen atoms in total. The molecule has 0 saturated heterocycles. The molecule has 0 radical (unpaired) electrons. The summed E-state index contributed by atoms with van der Waals surface area (Å²) in [6.45, 7) is 4.74. The first-order chi connectivity index (χ1) is 13.0. The van der Waals surface area contributed by atoms with E-state index in [1.165, 1.54) is 11.1 Å². The van der Waals surface area contributed by atoms with E-state index in [0.29, 0.717) is 13.0 Å². The van der Waals surface area contributed by atoms with Crippen molar-refractivity contribution in [3.63, 3.8) is 0 Å². The van der Waals surface area contributed by atoms with Crippen molar-refractivity contribution in [1.29, 1.82) is 0 Å². The van der Waals surface area contributed by atoms with Crippen LogP contribution in [0.2, 0.25) is 0 Å². The highest BCUT2D eigenvalue weighted by atomic mass is 16.3. The van der Waals surface area contributed by atoms with E-state index >= 15 is 0 Å². The number of carbonyl (C=O) groups is 1. The maximum atomic E-state index is 12.5. The molecule has 1 N–H and O–H groups in total. The second-order valence-corrected chi connectivity index (χ2v) is 7.43. The Morgan fingerprint density at radius 3 is 2.56 bits per heavy atom. The van der Waals surface area contributed by atoms with Gasteiger partial charge in [-0.15, -0.1) is 0 Å². The molecule has 0 aliphatic carbocycles. The predicted octanol–water partition coefficient (Wildman–Crippen LogP) is 3.88. The first kappa shape index (κ1) is 19.2. The molecule has 3 aromatic rings. The number of nitrogens with one attached hydrogen (secondary N) is 1. The molecule has 1 heterocycles. The number of nitrogens with zero attached hydrogens (tertiary/aromatic N) is 1. The Morgan fingerprint density at radius 1 is 1.11 bits per heavy atom. The minimum absolute atomic E-state index is 0.0239. The van der Waals surface area contributed by atoms with Crippen molar-refractivity contribution in [3.8, 4) is 0 Å². The highest BCUT2D eigenvalue weighted by Gasteiger charge is 2.16. The molecule has 1 atom stereocenters. The number of fused-ring (bicyclic) bond motifs is 1.